The second-order valence-corrected chi connectivity index (χ2v) is 10.2. The van der Waals surface area contributed by atoms with E-state index in [0.29, 0.717) is 0 Å². The molecule has 182 valence electrons. The van der Waals surface area contributed by atoms with Crippen molar-refractivity contribution in [1.82, 2.24) is 0 Å². The Hall–Kier alpha value is -2.44. The molecule has 35 heavy (non-hydrogen) atoms. The van der Waals surface area contributed by atoms with Gasteiger partial charge in [-0.25, -0.2) is 0 Å². The molecular formula is C31H36IN2O+. The van der Waals surface area contributed by atoms with Crippen molar-refractivity contribution in [3.63, 3.8) is 0 Å². The van der Waals surface area contributed by atoms with Crippen LogP contribution in [0.2, 0.25) is 0 Å². The van der Waals surface area contributed by atoms with Gasteiger partial charge < -0.3 is 9.80 Å². The maximum atomic E-state index is 13.0. The summed E-state index contributed by atoms with van der Waals surface area (Å²) in [6.07, 6.45) is 9.14. The van der Waals surface area contributed by atoms with E-state index in [0.717, 1.165) is 40.7 Å². The van der Waals surface area contributed by atoms with E-state index in [2.05, 4.69) is 85.2 Å². The summed E-state index contributed by atoms with van der Waals surface area (Å²) >= 11 is 0. The fraction of sp³-hybridized carbons (Fsp3) is 0.323. The number of halogens is 1. The largest absolute Gasteiger partial charge is 0.322 e. The zero-order valence-corrected chi connectivity index (χ0v) is 23.0. The molecule has 4 heteroatoms. The standard InChI is InChI=1S/C31H34N2O.HI/c1-33(19-7-2-3-8-20-33)23-24-11-17-30(18-12-24)32-31(34)28-16-14-26-13-15-27(21-29(26)22-28)25-9-5-4-6-10-25;/h4-6,9-13,15,17-18,21-22H,2-3,7-8,14,16,19-20,23H2,1H3;1H/p+1. The number of amides is 1. The molecule has 0 spiro atoms. The molecule has 0 saturated carbocycles. The first-order valence-electron chi connectivity index (χ1n) is 12.7. The van der Waals surface area contributed by atoms with Crippen molar-refractivity contribution in [3.8, 4) is 11.1 Å². The van der Waals surface area contributed by atoms with Gasteiger partial charge in [0.15, 0.2) is 0 Å². The second kappa shape index (κ2) is 11.5. The Bertz CT molecular complexity index is 1180. The number of hydrogen-bond donors (Lipinski definition) is 1. The highest BCUT2D eigenvalue weighted by Crippen LogP contribution is 2.29. The highest BCUT2D eigenvalue weighted by atomic mass is 127. The minimum atomic E-state index is 0. The number of nitrogens with zero attached hydrogens (tertiary/aromatic N) is 1. The highest BCUT2D eigenvalue weighted by Gasteiger charge is 2.23. The van der Waals surface area contributed by atoms with Gasteiger partial charge in [0.05, 0.1) is 20.1 Å². The van der Waals surface area contributed by atoms with E-state index in [1.165, 1.54) is 61.0 Å². The number of carbonyl (C=O) groups is 1. The van der Waals surface area contributed by atoms with Crippen LogP contribution in [0.1, 0.15) is 48.8 Å². The Labute approximate surface area is 226 Å². The molecule has 1 aliphatic heterocycles. The molecule has 3 aromatic carbocycles. The average Bonchev–Trinajstić information content (AvgIpc) is 3.09. The first-order valence-corrected chi connectivity index (χ1v) is 12.7. The smallest absolute Gasteiger partial charge is 0.251 e. The van der Waals surface area contributed by atoms with Crippen molar-refractivity contribution in [2.24, 2.45) is 0 Å². The van der Waals surface area contributed by atoms with Gasteiger partial charge in [0, 0.05) is 16.8 Å². The van der Waals surface area contributed by atoms with E-state index < -0.39 is 0 Å². The first kappa shape index (κ1) is 25.6. The fourth-order valence-corrected chi connectivity index (χ4v) is 5.43. The molecule has 1 fully saturated rings. The lowest BCUT2D eigenvalue weighted by Crippen LogP contribution is -2.43. The van der Waals surface area contributed by atoms with Gasteiger partial charge in [-0.05, 0) is 85.1 Å². The summed E-state index contributed by atoms with van der Waals surface area (Å²) in [4.78, 5) is 13.0. The molecule has 3 aromatic rings. The van der Waals surface area contributed by atoms with Crippen LogP contribution < -0.4 is 5.32 Å². The number of fused-ring (bicyclic) bond motifs is 1. The molecule has 0 radical (unpaired) electrons. The van der Waals surface area contributed by atoms with Crippen LogP contribution >= 0.6 is 24.0 Å². The molecule has 1 amide bonds. The van der Waals surface area contributed by atoms with Crippen LogP contribution in [0.5, 0.6) is 0 Å². The van der Waals surface area contributed by atoms with E-state index in [4.69, 9.17) is 0 Å². The van der Waals surface area contributed by atoms with E-state index in [-0.39, 0.29) is 29.9 Å². The molecule has 1 heterocycles. The summed E-state index contributed by atoms with van der Waals surface area (Å²) < 4.78 is 1.13. The average molecular weight is 580 g/mol. The molecule has 0 bridgehead atoms. The quantitative estimate of drug-likeness (QED) is 0.247. The number of nitrogens with one attached hydrogen (secondary N) is 1. The van der Waals surface area contributed by atoms with Gasteiger partial charge in [-0.15, -0.1) is 24.0 Å². The second-order valence-electron chi connectivity index (χ2n) is 10.2. The third-order valence-corrected chi connectivity index (χ3v) is 7.46. The maximum Gasteiger partial charge on any atom is 0.251 e. The molecule has 1 saturated heterocycles. The minimum absolute atomic E-state index is 0. The normalized spacial score (nSPS) is 16.8. The number of rotatable bonds is 5. The SMILES string of the molecule is C[N+]1(Cc2ccc(NC(=O)C3=Cc4cc(-c5ccccc5)ccc4CC3)cc2)CCCCCC1.I. The zero-order chi connectivity index (χ0) is 23.4. The lowest BCUT2D eigenvalue weighted by Gasteiger charge is -2.33. The Kier molecular flexibility index (Phi) is 8.45. The van der Waals surface area contributed by atoms with Gasteiger partial charge in [0.1, 0.15) is 6.54 Å². The van der Waals surface area contributed by atoms with Gasteiger partial charge in [-0.2, -0.15) is 0 Å². The van der Waals surface area contributed by atoms with Gasteiger partial charge in [0.2, 0.25) is 0 Å². The summed E-state index contributed by atoms with van der Waals surface area (Å²) in [5.41, 5.74) is 7.93. The highest BCUT2D eigenvalue weighted by molar-refractivity contribution is 14.0. The van der Waals surface area contributed by atoms with Gasteiger partial charge in [-0.1, -0.05) is 54.6 Å². The predicted molar refractivity (Wildman–Crippen MR) is 157 cm³/mol. The van der Waals surface area contributed by atoms with Crippen LogP contribution in [0, 0.1) is 0 Å². The van der Waals surface area contributed by atoms with Crippen molar-refractivity contribution in [2.45, 2.75) is 45.1 Å². The fourth-order valence-electron chi connectivity index (χ4n) is 5.43. The molecule has 3 nitrogen and oxygen atoms in total. The predicted octanol–water partition coefficient (Wildman–Crippen LogP) is 7.46. The summed E-state index contributed by atoms with van der Waals surface area (Å²) in [6, 6.07) is 25.5. The molecule has 1 N–H and O–H groups in total. The van der Waals surface area contributed by atoms with E-state index in [9.17, 15) is 4.79 Å². The van der Waals surface area contributed by atoms with Crippen LogP contribution in [0.4, 0.5) is 5.69 Å². The lowest BCUT2D eigenvalue weighted by molar-refractivity contribution is -0.921. The molecule has 0 unspecified atom stereocenters. The van der Waals surface area contributed by atoms with Crippen molar-refractivity contribution >= 4 is 41.6 Å². The van der Waals surface area contributed by atoms with E-state index >= 15 is 0 Å². The summed E-state index contributed by atoms with van der Waals surface area (Å²) in [6.45, 7) is 3.60. The molecule has 0 atom stereocenters. The van der Waals surface area contributed by atoms with Crippen LogP contribution in [-0.4, -0.2) is 30.5 Å². The Morgan fingerprint density at radius 3 is 2.26 bits per heavy atom. The van der Waals surface area contributed by atoms with Crippen molar-refractivity contribution in [3.05, 3.63) is 95.1 Å². The van der Waals surface area contributed by atoms with E-state index in [1.54, 1.807) is 0 Å². The number of benzene rings is 3. The molecule has 2 aliphatic rings. The first-order chi connectivity index (χ1) is 16.6. The third-order valence-electron chi connectivity index (χ3n) is 7.46. The molecular weight excluding hydrogens is 543 g/mol. The topological polar surface area (TPSA) is 29.1 Å². The van der Waals surface area contributed by atoms with Crippen molar-refractivity contribution in [1.29, 1.82) is 0 Å². The van der Waals surface area contributed by atoms with Gasteiger partial charge >= 0.3 is 0 Å². The zero-order valence-electron chi connectivity index (χ0n) is 20.6. The van der Waals surface area contributed by atoms with E-state index in [1.807, 2.05) is 6.07 Å². The van der Waals surface area contributed by atoms with Crippen LogP contribution in [-0.2, 0) is 17.8 Å². The summed E-state index contributed by atoms with van der Waals surface area (Å²) in [5, 5.41) is 3.13. The van der Waals surface area contributed by atoms with Crippen molar-refractivity contribution < 1.29 is 9.28 Å². The molecule has 0 aromatic heterocycles. The number of carbonyl (C=O) groups excluding carboxylic acids is 1. The van der Waals surface area contributed by atoms with Crippen LogP contribution in [0.25, 0.3) is 17.2 Å². The minimum Gasteiger partial charge on any atom is -0.322 e. The Balaban J connectivity index is 0.00000289. The van der Waals surface area contributed by atoms with Crippen LogP contribution in [0.3, 0.4) is 0 Å². The monoisotopic (exact) mass is 579 g/mol. The number of likely N-dealkylation sites (tertiary alicyclic amines) is 1. The molecule has 5 rings (SSSR count). The number of anilines is 1. The van der Waals surface area contributed by atoms with Crippen LogP contribution in [0.15, 0.2) is 78.4 Å². The van der Waals surface area contributed by atoms with Crippen molar-refractivity contribution in [2.75, 3.05) is 25.5 Å². The molecule has 1 aliphatic carbocycles. The Morgan fingerprint density at radius 1 is 0.829 bits per heavy atom. The summed E-state index contributed by atoms with van der Waals surface area (Å²) in [5.74, 6) is 0.00928. The number of aryl methyl sites for hydroxylation is 1. The van der Waals surface area contributed by atoms with Gasteiger partial charge in [0.25, 0.3) is 5.91 Å². The third kappa shape index (κ3) is 6.42. The number of hydrogen-bond acceptors (Lipinski definition) is 1. The van der Waals surface area contributed by atoms with Gasteiger partial charge in [-0.3, -0.25) is 4.79 Å². The lowest BCUT2D eigenvalue weighted by atomic mass is 9.89. The maximum absolute atomic E-state index is 13.0. The number of quaternary nitrogens is 1. The summed E-state index contributed by atoms with van der Waals surface area (Å²) in [7, 11) is 2.39. The Morgan fingerprint density at radius 2 is 1.54 bits per heavy atom.